The summed E-state index contributed by atoms with van der Waals surface area (Å²) in [6.45, 7) is 5.31. The Balaban J connectivity index is 1.59. The van der Waals surface area contributed by atoms with E-state index in [1.165, 1.54) is 0 Å². The number of anilines is 2. The van der Waals surface area contributed by atoms with Crippen LogP contribution in [0.15, 0.2) is 53.0 Å². The number of nitrogens with one attached hydrogen (secondary N) is 2. The molecule has 2 aromatic carbocycles. The Morgan fingerprint density at radius 2 is 1.89 bits per heavy atom. The first kappa shape index (κ1) is 20.6. The molecule has 5 nitrogen and oxygen atoms in total. The highest BCUT2D eigenvalue weighted by Crippen LogP contribution is 2.25. The maximum absolute atomic E-state index is 12.7. The fourth-order valence-electron chi connectivity index (χ4n) is 3.46. The minimum Gasteiger partial charge on any atom is -0.326 e. The lowest BCUT2D eigenvalue weighted by Gasteiger charge is -2.35. The highest BCUT2D eigenvalue weighted by Gasteiger charge is 2.31. The lowest BCUT2D eigenvalue weighted by atomic mass is 9.95. The van der Waals surface area contributed by atoms with Gasteiger partial charge >= 0.3 is 0 Å². The van der Waals surface area contributed by atoms with Crippen molar-refractivity contribution in [3.63, 3.8) is 0 Å². The zero-order chi connectivity index (χ0) is 20.1. The van der Waals surface area contributed by atoms with E-state index in [4.69, 9.17) is 0 Å². The van der Waals surface area contributed by atoms with Crippen molar-refractivity contribution in [3.05, 3.63) is 58.6 Å². The Labute approximate surface area is 174 Å². The second-order valence-corrected chi connectivity index (χ2v) is 8.19. The molecular weight excluding hydrogens is 418 g/mol. The Morgan fingerprint density at radius 1 is 1.14 bits per heavy atom. The fourth-order valence-corrected chi connectivity index (χ4v) is 4.05. The molecule has 1 saturated heterocycles. The van der Waals surface area contributed by atoms with Crippen molar-refractivity contribution in [2.24, 2.45) is 5.92 Å². The van der Waals surface area contributed by atoms with Crippen LogP contribution in [0.25, 0.3) is 0 Å². The number of para-hydroxylation sites is 1. The third kappa shape index (κ3) is 5.20. The van der Waals surface area contributed by atoms with Crippen LogP contribution >= 0.6 is 15.9 Å². The van der Waals surface area contributed by atoms with Crippen molar-refractivity contribution >= 4 is 39.1 Å². The third-order valence-corrected chi connectivity index (χ3v) is 5.83. The first-order chi connectivity index (χ1) is 13.4. The van der Waals surface area contributed by atoms with Gasteiger partial charge in [-0.05, 0) is 79.0 Å². The van der Waals surface area contributed by atoms with Gasteiger partial charge in [0, 0.05) is 16.7 Å². The average molecular weight is 444 g/mol. The number of aryl methyl sites for hydroxylation is 1. The second-order valence-electron chi connectivity index (χ2n) is 7.34. The molecule has 0 bridgehead atoms. The number of rotatable bonds is 5. The minimum absolute atomic E-state index is 0.0183. The van der Waals surface area contributed by atoms with Crippen LogP contribution in [-0.2, 0) is 9.59 Å². The van der Waals surface area contributed by atoms with Crippen molar-refractivity contribution in [3.8, 4) is 0 Å². The number of piperidine rings is 1. The van der Waals surface area contributed by atoms with Crippen LogP contribution in [0.3, 0.4) is 0 Å². The number of benzene rings is 2. The summed E-state index contributed by atoms with van der Waals surface area (Å²) in [6.07, 6.45) is 1.74. The quantitative estimate of drug-likeness (QED) is 0.717. The summed E-state index contributed by atoms with van der Waals surface area (Å²) in [5.41, 5.74) is 2.69. The van der Waals surface area contributed by atoms with Gasteiger partial charge in [0.2, 0.25) is 11.8 Å². The molecule has 0 unspecified atom stereocenters. The molecule has 1 aliphatic heterocycles. The van der Waals surface area contributed by atoms with Gasteiger partial charge in [-0.15, -0.1) is 0 Å². The molecule has 0 aromatic heterocycles. The molecule has 148 valence electrons. The van der Waals surface area contributed by atoms with E-state index in [2.05, 4.69) is 31.5 Å². The maximum Gasteiger partial charge on any atom is 0.241 e. The van der Waals surface area contributed by atoms with Gasteiger partial charge in [-0.2, -0.15) is 0 Å². The van der Waals surface area contributed by atoms with E-state index in [-0.39, 0.29) is 23.8 Å². The first-order valence-corrected chi connectivity index (χ1v) is 10.4. The van der Waals surface area contributed by atoms with E-state index in [0.29, 0.717) is 6.54 Å². The van der Waals surface area contributed by atoms with E-state index in [1.807, 2.05) is 62.4 Å². The van der Waals surface area contributed by atoms with Gasteiger partial charge in [0.15, 0.2) is 0 Å². The molecule has 1 heterocycles. The predicted octanol–water partition coefficient (Wildman–Crippen LogP) is 4.44. The summed E-state index contributed by atoms with van der Waals surface area (Å²) in [7, 11) is 0. The van der Waals surface area contributed by atoms with E-state index in [0.717, 1.165) is 40.8 Å². The molecule has 2 atom stereocenters. The van der Waals surface area contributed by atoms with Crippen molar-refractivity contribution in [2.75, 3.05) is 23.7 Å². The van der Waals surface area contributed by atoms with Crippen LogP contribution in [0.4, 0.5) is 11.4 Å². The summed E-state index contributed by atoms with van der Waals surface area (Å²) < 4.78 is 0.867. The van der Waals surface area contributed by atoms with Gasteiger partial charge in [0.1, 0.15) is 0 Å². The molecule has 2 amide bonds. The summed E-state index contributed by atoms with van der Waals surface area (Å²) in [5.74, 6) is -0.159. The predicted molar refractivity (Wildman–Crippen MR) is 116 cm³/mol. The van der Waals surface area contributed by atoms with Crippen molar-refractivity contribution in [1.82, 2.24) is 4.90 Å². The summed E-state index contributed by atoms with van der Waals surface area (Å²) in [4.78, 5) is 27.5. The molecule has 2 N–H and O–H groups in total. The number of carbonyl (C=O) groups excluding carboxylic acids is 2. The maximum atomic E-state index is 12.7. The Morgan fingerprint density at radius 3 is 2.61 bits per heavy atom. The van der Waals surface area contributed by atoms with Gasteiger partial charge in [-0.3, -0.25) is 14.5 Å². The van der Waals surface area contributed by atoms with Crippen molar-refractivity contribution in [1.29, 1.82) is 0 Å². The molecule has 1 fully saturated rings. The number of carbonyl (C=O) groups is 2. The number of halogens is 1. The number of hydrogen-bond donors (Lipinski definition) is 2. The van der Waals surface area contributed by atoms with Gasteiger partial charge in [0.05, 0.1) is 17.6 Å². The molecule has 0 aliphatic carbocycles. The van der Waals surface area contributed by atoms with Gasteiger partial charge < -0.3 is 10.6 Å². The lowest BCUT2D eigenvalue weighted by Crippen LogP contribution is -2.49. The van der Waals surface area contributed by atoms with Crippen LogP contribution in [0, 0.1) is 12.8 Å². The van der Waals surface area contributed by atoms with Gasteiger partial charge in [-0.25, -0.2) is 0 Å². The molecule has 0 spiro atoms. The van der Waals surface area contributed by atoms with E-state index < -0.39 is 0 Å². The normalized spacial score (nSPS) is 18.3. The molecular formula is C22H26BrN3O2. The molecule has 2 aromatic rings. The zero-order valence-electron chi connectivity index (χ0n) is 16.2. The molecule has 28 heavy (non-hydrogen) atoms. The molecule has 0 saturated carbocycles. The lowest BCUT2D eigenvalue weighted by molar-refractivity contribution is -0.125. The van der Waals surface area contributed by atoms with Crippen molar-refractivity contribution in [2.45, 2.75) is 32.7 Å². The monoisotopic (exact) mass is 443 g/mol. The fraction of sp³-hybridized carbons (Fsp3) is 0.364. The number of nitrogens with zero attached hydrogens (tertiary/aromatic N) is 1. The van der Waals surface area contributed by atoms with Crippen LogP contribution in [0.2, 0.25) is 0 Å². The summed E-state index contributed by atoms with van der Waals surface area (Å²) >= 11 is 3.50. The van der Waals surface area contributed by atoms with Crippen LogP contribution < -0.4 is 10.6 Å². The van der Waals surface area contributed by atoms with E-state index in [9.17, 15) is 9.59 Å². The summed E-state index contributed by atoms with van der Waals surface area (Å²) in [5, 5.41) is 5.97. The minimum atomic E-state index is -0.305. The Bertz CT molecular complexity index is 841. The number of amides is 2. The number of likely N-dealkylation sites (tertiary alicyclic amines) is 1. The summed E-state index contributed by atoms with van der Waals surface area (Å²) in [6, 6.07) is 15.0. The van der Waals surface area contributed by atoms with E-state index >= 15 is 0 Å². The second kappa shape index (κ2) is 9.34. The van der Waals surface area contributed by atoms with Crippen molar-refractivity contribution < 1.29 is 9.59 Å². The molecule has 1 aliphatic rings. The molecule has 3 rings (SSSR count). The smallest absolute Gasteiger partial charge is 0.241 e. The van der Waals surface area contributed by atoms with Gasteiger partial charge in [0.25, 0.3) is 0 Å². The van der Waals surface area contributed by atoms with Crippen LogP contribution in [-0.4, -0.2) is 35.8 Å². The molecule has 0 radical (unpaired) electrons. The first-order valence-electron chi connectivity index (χ1n) is 9.61. The number of hydrogen-bond acceptors (Lipinski definition) is 3. The standard InChI is InChI=1S/C22H26BrN3O2/c1-15-10-11-20(19(23)13-15)25-21(27)16(2)26-12-6-7-17(14-26)22(28)24-18-8-4-3-5-9-18/h3-5,8-11,13,16-17H,6-7,12,14H2,1-2H3,(H,24,28)(H,25,27)/t16-,17-/m1/s1. The average Bonchev–Trinajstić information content (AvgIpc) is 2.70. The topological polar surface area (TPSA) is 61.4 Å². The largest absolute Gasteiger partial charge is 0.326 e. The molecule has 6 heteroatoms. The van der Waals surface area contributed by atoms with E-state index in [1.54, 1.807) is 0 Å². The highest BCUT2D eigenvalue weighted by molar-refractivity contribution is 9.10. The SMILES string of the molecule is Cc1ccc(NC(=O)[C@@H](C)N2CCC[C@@H](C(=O)Nc3ccccc3)C2)c(Br)c1. The third-order valence-electron chi connectivity index (χ3n) is 5.17. The Hall–Kier alpha value is -2.18. The van der Waals surface area contributed by atoms with Crippen LogP contribution in [0.1, 0.15) is 25.3 Å². The highest BCUT2D eigenvalue weighted by atomic mass is 79.9. The zero-order valence-corrected chi connectivity index (χ0v) is 17.8. The van der Waals surface area contributed by atoms with Crippen LogP contribution in [0.5, 0.6) is 0 Å². The van der Waals surface area contributed by atoms with Gasteiger partial charge in [-0.1, -0.05) is 24.3 Å². The Kier molecular flexibility index (Phi) is 6.86.